The largest absolute Gasteiger partial charge is 0.352 e. The molecule has 1 unspecified atom stereocenters. The zero-order chi connectivity index (χ0) is 18.2. The SMILES string of the molecule is CCC1C=CC(C#Cc2cccc(F)c2)=CC=C1C(=O)NCC(C)C. The van der Waals surface area contributed by atoms with Gasteiger partial charge in [-0.2, -0.15) is 0 Å². The van der Waals surface area contributed by atoms with Crippen LogP contribution in [0.4, 0.5) is 4.39 Å². The number of amides is 1. The molecule has 0 saturated heterocycles. The lowest BCUT2D eigenvalue weighted by Crippen LogP contribution is -2.30. The van der Waals surface area contributed by atoms with Crippen LogP contribution in [-0.2, 0) is 4.79 Å². The lowest BCUT2D eigenvalue weighted by Gasteiger charge is -2.15. The van der Waals surface area contributed by atoms with Crippen molar-refractivity contribution in [1.82, 2.24) is 5.32 Å². The molecule has 130 valence electrons. The molecule has 1 aromatic rings. The van der Waals surface area contributed by atoms with Gasteiger partial charge in [-0.05, 0) is 42.7 Å². The molecule has 2 nitrogen and oxygen atoms in total. The first-order valence-electron chi connectivity index (χ1n) is 8.65. The van der Waals surface area contributed by atoms with Crippen LogP contribution in [0.2, 0.25) is 0 Å². The van der Waals surface area contributed by atoms with Crippen LogP contribution in [0.25, 0.3) is 0 Å². The normalized spacial score (nSPS) is 16.4. The highest BCUT2D eigenvalue weighted by Gasteiger charge is 2.18. The molecule has 1 N–H and O–H groups in total. The zero-order valence-corrected chi connectivity index (χ0v) is 15.0. The fourth-order valence-electron chi connectivity index (χ4n) is 2.48. The Balaban J connectivity index is 2.21. The first-order valence-corrected chi connectivity index (χ1v) is 8.65. The summed E-state index contributed by atoms with van der Waals surface area (Å²) in [6, 6.07) is 6.21. The maximum Gasteiger partial charge on any atom is 0.247 e. The van der Waals surface area contributed by atoms with Crippen molar-refractivity contribution in [2.24, 2.45) is 11.8 Å². The van der Waals surface area contributed by atoms with Gasteiger partial charge in [0, 0.05) is 29.2 Å². The Kier molecular flexibility index (Phi) is 6.77. The number of carbonyl (C=O) groups is 1. The molecule has 1 atom stereocenters. The van der Waals surface area contributed by atoms with E-state index in [0.717, 1.165) is 17.6 Å². The first-order chi connectivity index (χ1) is 12.0. The number of hydrogen-bond acceptors (Lipinski definition) is 1. The standard InChI is InChI=1S/C22H24FNO/c1-4-19-12-10-17(8-9-18-6-5-7-20(23)14-18)11-13-21(19)22(25)24-15-16(2)3/h5-7,10-14,16,19H,4,15H2,1-3H3,(H,24,25). The van der Waals surface area contributed by atoms with E-state index < -0.39 is 0 Å². The Morgan fingerprint density at radius 3 is 2.76 bits per heavy atom. The minimum Gasteiger partial charge on any atom is -0.352 e. The molecule has 1 aliphatic carbocycles. The Morgan fingerprint density at radius 2 is 2.08 bits per heavy atom. The number of hydrogen-bond donors (Lipinski definition) is 1. The molecule has 0 aliphatic heterocycles. The van der Waals surface area contributed by atoms with Gasteiger partial charge in [-0.1, -0.05) is 50.8 Å². The van der Waals surface area contributed by atoms with Gasteiger partial charge in [-0.3, -0.25) is 4.79 Å². The molecule has 1 amide bonds. The number of halogens is 1. The van der Waals surface area contributed by atoms with E-state index in [0.29, 0.717) is 18.0 Å². The molecular weight excluding hydrogens is 313 g/mol. The molecule has 0 fully saturated rings. The lowest BCUT2D eigenvalue weighted by atomic mass is 9.95. The maximum atomic E-state index is 13.2. The average molecular weight is 337 g/mol. The van der Waals surface area contributed by atoms with Crippen molar-refractivity contribution in [3.63, 3.8) is 0 Å². The summed E-state index contributed by atoms with van der Waals surface area (Å²) in [7, 11) is 0. The average Bonchev–Trinajstić information content (AvgIpc) is 2.80. The van der Waals surface area contributed by atoms with E-state index in [1.54, 1.807) is 12.1 Å². The fourth-order valence-corrected chi connectivity index (χ4v) is 2.48. The van der Waals surface area contributed by atoms with E-state index in [2.05, 4.69) is 37.9 Å². The molecule has 1 aliphatic rings. The number of carbonyl (C=O) groups excluding carboxylic acids is 1. The second-order valence-corrected chi connectivity index (χ2v) is 6.48. The fraction of sp³-hybridized carbons (Fsp3) is 0.318. The van der Waals surface area contributed by atoms with Gasteiger partial charge in [0.05, 0.1) is 0 Å². The van der Waals surface area contributed by atoms with Crippen molar-refractivity contribution in [1.29, 1.82) is 0 Å². The summed E-state index contributed by atoms with van der Waals surface area (Å²) in [5, 5.41) is 2.97. The summed E-state index contributed by atoms with van der Waals surface area (Å²) < 4.78 is 13.2. The highest BCUT2D eigenvalue weighted by Crippen LogP contribution is 2.21. The summed E-state index contributed by atoms with van der Waals surface area (Å²) in [6.07, 6.45) is 8.48. The van der Waals surface area contributed by atoms with Gasteiger partial charge in [0.25, 0.3) is 0 Å². The summed E-state index contributed by atoms with van der Waals surface area (Å²) in [5.41, 5.74) is 2.18. The highest BCUT2D eigenvalue weighted by molar-refractivity contribution is 5.94. The molecule has 0 saturated carbocycles. The molecule has 3 heteroatoms. The third-order valence-corrected chi connectivity index (χ3v) is 3.90. The summed E-state index contributed by atoms with van der Waals surface area (Å²) >= 11 is 0. The maximum absolute atomic E-state index is 13.2. The van der Waals surface area contributed by atoms with Crippen molar-refractivity contribution in [2.75, 3.05) is 6.54 Å². The number of rotatable bonds is 4. The molecule has 0 spiro atoms. The van der Waals surface area contributed by atoms with E-state index in [4.69, 9.17) is 0 Å². The van der Waals surface area contributed by atoms with Crippen LogP contribution < -0.4 is 5.32 Å². The summed E-state index contributed by atoms with van der Waals surface area (Å²) in [5.74, 6) is 6.15. The predicted molar refractivity (Wildman–Crippen MR) is 100 cm³/mol. The van der Waals surface area contributed by atoms with Crippen LogP contribution in [-0.4, -0.2) is 12.5 Å². The predicted octanol–water partition coefficient (Wildman–Crippen LogP) is 4.40. The molecule has 25 heavy (non-hydrogen) atoms. The Bertz CT molecular complexity index is 775. The topological polar surface area (TPSA) is 29.1 Å². The second-order valence-electron chi connectivity index (χ2n) is 6.48. The van der Waals surface area contributed by atoms with Crippen LogP contribution in [0.15, 0.2) is 59.7 Å². The lowest BCUT2D eigenvalue weighted by molar-refractivity contribution is -0.118. The Labute approximate surface area is 149 Å². The van der Waals surface area contributed by atoms with Gasteiger partial charge < -0.3 is 5.32 Å². The molecule has 2 rings (SSSR count). The van der Waals surface area contributed by atoms with Gasteiger partial charge >= 0.3 is 0 Å². The monoisotopic (exact) mass is 337 g/mol. The number of allylic oxidation sites excluding steroid dienone is 5. The third-order valence-electron chi connectivity index (χ3n) is 3.90. The van der Waals surface area contributed by atoms with Crippen LogP contribution in [0.1, 0.15) is 32.8 Å². The molecule has 0 aromatic heterocycles. The smallest absolute Gasteiger partial charge is 0.247 e. The van der Waals surface area contributed by atoms with Crippen LogP contribution >= 0.6 is 0 Å². The van der Waals surface area contributed by atoms with E-state index in [9.17, 15) is 9.18 Å². The second kappa shape index (κ2) is 9.03. The summed E-state index contributed by atoms with van der Waals surface area (Å²) in [4.78, 5) is 12.4. The van der Waals surface area contributed by atoms with E-state index in [-0.39, 0.29) is 17.6 Å². The van der Waals surface area contributed by atoms with Crippen molar-refractivity contribution in [3.05, 3.63) is 71.1 Å². The van der Waals surface area contributed by atoms with Crippen molar-refractivity contribution >= 4 is 5.91 Å². The van der Waals surface area contributed by atoms with Crippen LogP contribution in [0.3, 0.4) is 0 Å². The van der Waals surface area contributed by atoms with Gasteiger partial charge in [-0.25, -0.2) is 4.39 Å². The van der Waals surface area contributed by atoms with Crippen molar-refractivity contribution in [2.45, 2.75) is 27.2 Å². The quantitative estimate of drug-likeness (QED) is 0.811. The number of benzene rings is 1. The van der Waals surface area contributed by atoms with Gasteiger partial charge in [0.15, 0.2) is 0 Å². The van der Waals surface area contributed by atoms with Crippen molar-refractivity contribution < 1.29 is 9.18 Å². The van der Waals surface area contributed by atoms with E-state index in [1.807, 2.05) is 24.3 Å². The van der Waals surface area contributed by atoms with E-state index in [1.165, 1.54) is 12.1 Å². The van der Waals surface area contributed by atoms with E-state index >= 15 is 0 Å². The molecule has 0 radical (unpaired) electrons. The summed E-state index contributed by atoms with van der Waals surface area (Å²) in [6.45, 7) is 6.85. The zero-order valence-electron chi connectivity index (χ0n) is 15.0. The van der Waals surface area contributed by atoms with Gasteiger partial charge in [0.1, 0.15) is 5.82 Å². The third kappa shape index (κ3) is 5.76. The molecule has 0 heterocycles. The van der Waals surface area contributed by atoms with Crippen LogP contribution in [0, 0.1) is 29.5 Å². The minimum absolute atomic E-state index is 0.0270. The first kappa shape index (κ1) is 18.7. The minimum atomic E-state index is -0.299. The molecule has 0 bridgehead atoms. The van der Waals surface area contributed by atoms with Crippen LogP contribution in [0.5, 0.6) is 0 Å². The molecular formula is C22H24FNO. The van der Waals surface area contributed by atoms with Gasteiger partial charge in [0.2, 0.25) is 5.91 Å². The molecule has 1 aromatic carbocycles. The Hall–Kier alpha value is -2.60. The highest BCUT2D eigenvalue weighted by atomic mass is 19.1. The van der Waals surface area contributed by atoms with Gasteiger partial charge in [-0.15, -0.1) is 0 Å². The number of nitrogens with one attached hydrogen (secondary N) is 1. The Morgan fingerprint density at radius 1 is 1.28 bits per heavy atom. The van der Waals surface area contributed by atoms with Crippen molar-refractivity contribution in [3.8, 4) is 11.8 Å².